The topological polar surface area (TPSA) is 89.0 Å². The zero-order valence-corrected chi connectivity index (χ0v) is 19.1. The summed E-state index contributed by atoms with van der Waals surface area (Å²) in [6, 6.07) is 12.4. The third-order valence-electron chi connectivity index (χ3n) is 6.41. The number of halogens is 1. The molecule has 2 heterocycles. The lowest BCUT2D eigenvalue weighted by molar-refractivity contribution is -0.143. The molecule has 0 saturated carbocycles. The monoisotopic (exact) mass is 462 g/mol. The van der Waals surface area contributed by atoms with E-state index in [1.807, 2.05) is 28.8 Å². The number of hydrogen-bond donors (Lipinski definition) is 2. The molecule has 0 fully saturated rings. The van der Waals surface area contributed by atoms with E-state index >= 15 is 0 Å². The number of aromatic amines is 1. The molecule has 4 aromatic rings. The summed E-state index contributed by atoms with van der Waals surface area (Å²) in [6.07, 6.45) is 2.91. The fraction of sp³-hybridized carbons (Fsp3) is 0.346. The Kier molecular flexibility index (Phi) is 6.04. The lowest BCUT2D eigenvalue weighted by atomic mass is 9.91. The minimum Gasteiger partial charge on any atom is -0.465 e. The first-order valence-corrected chi connectivity index (χ1v) is 11.7. The van der Waals surface area contributed by atoms with E-state index < -0.39 is 0 Å². The van der Waals surface area contributed by atoms with Crippen LogP contribution in [0.2, 0.25) is 0 Å². The van der Waals surface area contributed by atoms with E-state index in [0.717, 1.165) is 45.4 Å². The highest BCUT2D eigenvalue weighted by atomic mass is 19.1. The van der Waals surface area contributed by atoms with Crippen LogP contribution in [-0.4, -0.2) is 39.1 Å². The molecule has 2 aromatic carbocycles. The van der Waals surface area contributed by atoms with Crippen LogP contribution in [0.5, 0.6) is 0 Å². The molecule has 1 amide bonds. The van der Waals surface area contributed by atoms with E-state index in [1.165, 1.54) is 12.1 Å². The van der Waals surface area contributed by atoms with Crippen molar-refractivity contribution in [3.05, 3.63) is 65.4 Å². The number of nitrogens with one attached hydrogen (secondary N) is 2. The molecule has 8 heteroatoms. The lowest BCUT2D eigenvalue weighted by Gasteiger charge is -2.25. The number of rotatable bonds is 7. The van der Waals surface area contributed by atoms with Crippen LogP contribution in [0, 0.1) is 5.82 Å². The van der Waals surface area contributed by atoms with Crippen molar-refractivity contribution in [2.24, 2.45) is 0 Å². The second-order valence-corrected chi connectivity index (χ2v) is 8.69. The summed E-state index contributed by atoms with van der Waals surface area (Å²) in [5.41, 5.74) is 4.68. The molecular formula is C26H27FN4O3. The number of nitrogens with zero attached hydrogens (tertiary/aromatic N) is 2. The number of carbonyl (C=O) groups is 2. The van der Waals surface area contributed by atoms with Crippen LogP contribution in [0.1, 0.15) is 36.8 Å². The number of para-hydroxylation sites is 2. The Morgan fingerprint density at radius 3 is 2.94 bits per heavy atom. The molecule has 0 saturated heterocycles. The number of aryl methyl sites for hydroxylation is 1. The van der Waals surface area contributed by atoms with Crippen molar-refractivity contribution in [2.45, 2.75) is 51.6 Å². The van der Waals surface area contributed by atoms with Crippen LogP contribution >= 0.6 is 0 Å². The average molecular weight is 463 g/mol. The molecule has 1 aliphatic rings. The molecule has 34 heavy (non-hydrogen) atoms. The van der Waals surface area contributed by atoms with Gasteiger partial charge in [-0.2, -0.15) is 0 Å². The summed E-state index contributed by atoms with van der Waals surface area (Å²) < 4.78 is 21.1. The molecule has 1 atom stereocenters. The van der Waals surface area contributed by atoms with E-state index in [4.69, 9.17) is 4.74 Å². The summed E-state index contributed by atoms with van der Waals surface area (Å²) in [4.78, 5) is 32.6. The van der Waals surface area contributed by atoms with Crippen LogP contribution in [-0.2, 0) is 40.1 Å². The summed E-state index contributed by atoms with van der Waals surface area (Å²) in [5.74, 6) is 0.128. The lowest BCUT2D eigenvalue weighted by Crippen LogP contribution is -2.39. The number of fused-ring (bicyclic) bond motifs is 4. The van der Waals surface area contributed by atoms with Gasteiger partial charge in [0.2, 0.25) is 5.91 Å². The van der Waals surface area contributed by atoms with Crippen molar-refractivity contribution in [3.8, 4) is 0 Å². The molecule has 5 rings (SSSR count). The fourth-order valence-electron chi connectivity index (χ4n) is 4.92. The molecule has 0 unspecified atom stereocenters. The van der Waals surface area contributed by atoms with Gasteiger partial charge in [0.1, 0.15) is 18.2 Å². The van der Waals surface area contributed by atoms with E-state index in [-0.39, 0.29) is 30.3 Å². The number of aromatic nitrogens is 3. The third kappa shape index (κ3) is 4.40. The standard InChI is InChI=1S/C26H27FN4O3/c1-2-34-26(33)15-31-22-9-7-16(27)13-18(22)19-14-17(8-10-23(19)31)28-25(32)12-11-24-29-20-5-3-4-6-21(20)30-24/h3-7,9,13,17H,2,8,10-12,14-15H2,1H3,(H,28,32)(H,29,30)/t17-/m0/s1. The predicted octanol–water partition coefficient (Wildman–Crippen LogP) is 3.83. The van der Waals surface area contributed by atoms with E-state index in [9.17, 15) is 14.0 Å². The van der Waals surface area contributed by atoms with Gasteiger partial charge in [-0.1, -0.05) is 12.1 Å². The van der Waals surface area contributed by atoms with Gasteiger partial charge in [0.15, 0.2) is 0 Å². The molecular weight excluding hydrogens is 435 g/mol. The molecule has 2 N–H and O–H groups in total. The highest BCUT2D eigenvalue weighted by Gasteiger charge is 2.27. The van der Waals surface area contributed by atoms with Gasteiger partial charge in [0.25, 0.3) is 0 Å². The van der Waals surface area contributed by atoms with Gasteiger partial charge in [-0.15, -0.1) is 0 Å². The number of amides is 1. The maximum absolute atomic E-state index is 14.1. The van der Waals surface area contributed by atoms with Crippen LogP contribution in [0.25, 0.3) is 21.9 Å². The van der Waals surface area contributed by atoms with Crippen molar-refractivity contribution in [1.29, 1.82) is 0 Å². The molecule has 0 radical (unpaired) electrons. The second kappa shape index (κ2) is 9.29. The maximum atomic E-state index is 14.1. The van der Waals surface area contributed by atoms with Crippen LogP contribution in [0.15, 0.2) is 42.5 Å². The van der Waals surface area contributed by atoms with Gasteiger partial charge in [-0.25, -0.2) is 9.37 Å². The van der Waals surface area contributed by atoms with Gasteiger partial charge in [-0.3, -0.25) is 9.59 Å². The minimum atomic E-state index is -0.319. The Hall–Kier alpha value is -3.68. The molecule has 0 spiro atoms. The Morgan fingerprint density at radius 1 is 1.26 bits per heavy atom. The average Bonchev–Trinajstić information content (AvgIpc) is 3.37. The van der Waals surface area contributed by atoms with Crippen LogP contribution < -0.4 is 5.32 Å². The third-order valence-corrected chi connectivity index (χ3v) is 6.41. The normalized spacial score (nSPS) is 15.4. The minimum absolute atomic E-state index is 0.0321. The molecule has 2 aromatic heterocycles. The summed E-state index contributed by atoms with van der Waals surface area (Å²) >= 11 is 0. The molecule has 1 aliphatic carbocycles. The van der Waals surface area contributed by atoms with Crippen molar-refractivity contribution in [2.75, 3.05) is 6.61 Å². The first-order chi connectivity index (χ1) is 16.5. The Morgan fingerprint density at radius 2 is 2.12 bits per heavy atom. The molecule has 7 nitrogen and oxygen atoms in total. The fourth-order valence-corrected chi connectivity index (χ4v) is 4.92. The summed E-state index contributed by atoms with van der Waals surface area (Å²) in [7, 11) is 0. The summed E-state index contributed by atoms with van der Waals surface area (Å²) in [5, 5.41) is 3.93. The first kappa shape index (κ1) is 22.1. The SMILES string of the molecule is CCOC(=O)Cn1c2c(c3cc(F)ccc31)C[C@@H](NC(=O)CCc1nc3ccccc3[nH]1)CC2. The van der Waals surface area contributed by atoms with E-state index in [0.29, 0.717) is 32.3 Å². The Balaban J connectivity index is 1.29. The number of benzene rings is 2. The van der Waals surface area contributed by atoms with E-state index in [1.54, 1.807) is 13.0 Å². The maximum Gasteiger partial charge on any atom is 0.325 e. The van der Waals surface area contributed by atoms with Crippen LogP contribution in [0.3, 0.4) is 0 Å². The van der Waals surface area contributed by atoms with Crippen molar-refractivity contribution >= 4 is 33.8 Å². The van der Waals surface area contributed by atoms with Crippen molar-refractivity contribution in [1.82, 2.24) is 19.9 Å². The first-order valence-electron chi connectivity index (χ1n) is 11.7. The highest BCUT2D eigenvalue weighted by Crippen LogP contribution is 2.33. The number of esters is 1. The number of carbonyl (C=O) groups excluding carboxylic acids is 2. The number of ether oxygens (including phenoxy) is 1. The summed E-state index contributed by atoms with van der Waals surface area (Å²) in [6.45, 7) is 2.19. The zero-order chi connectivity index (χ0) is 23.7. The molecule has 0 bridgehead atoms. The smallest absolute Gasteiger partial charge is 0.325 e. The van der Waals surface area contributed by atoms with Gasteiger partial charge in [0.05, 0.1) is 17.6 Å². The number of imidazole rings is 1. The zero-order valence-electron chi connectivity index (χ0n) is 19.1. The Bertz CT molecular complexity index is 1340. The highest BCUT2D eigenvalue weighted by molar-refractivity contribution is 5.87. The van der Waals surface area contributed by atoms with E-state index in [2.05, 4.69) is 15.3 Å². The number of hydrogen-bond acceptors (Lipinski definition) is 4. The largest absolute Gasteiger partial charge is 0.465 e. The van der Waals surface area contributed by atoms with Gasteiger partial charge in [-0.05, 0) is 62.1 Å². The van der Waals surface area contributed by atoms with Gasteiger partial charge < -0.3 is 19.6 Å². The predicted molar refractivity (Wildman–Crippen MR) is 127 cm³/mol. The van der Waals surface area contributed by atoms with Crippen molar-refractivity contribution in [3.63, 3.8) is 0 Å². The van der Waals surface area contributed by atoms with Gasteiger partial charge >= 0.3 is 5.97 Å². The molecule has 0 aliphatic heterocycles. The Labute approximate surface area is 196 Å². The van der Waals surface area contributed by atoms with Gasteiger partial charge in [0, 0.05) is 35.5 Å². The molecule has 176 valence electrons. The quantitative estimate of drug-likeness (QED) is 0.409. The second-order valence-electron chi connectivity index (χ2n) is 8.69. The van der Waals surface area contributed by atoms with Crippen molar-refractivity contribution < 1.29 is 18.7 Å². The van der Waals surface area contributed by atoms with Crippen LogP contribution in [0.4, 0.5) is 4.39 Å². The number of H-pyrrole nitrogens is 1.